The van der Waals surface area contributed by atoms with Crippen molar-refractivity contribution in [1.82, 2.24) is 10.3 Å². The zero-order valence-corrected chi connectivity index (χ0v) is 14.9. The van der Waals surface area contributed by atoms with Crippen molar-refractivity contribution in [2.45, 2.75) is 18.0 Å². The van der Waals surface area contributed by atoms with Gasteiger partial charge in [-0.2, -0.15) is 0 Å². The second kappa shape index (κ2) is 8.70. The molecular weight excluding hydrogens is 348 g/mol. The van der Waals surface area contributed by atoms with E-state index in [1.54, 1.807) is 30.5 Å². The lowest BCUT2D eigenvalue weighted by Crippen LogP contribution is -2.31. The molecule has 0 aliphatic heterocycles. The number of amides is 1. The van der Waals surface area contributed by atoms with Crippen molar-refractivity contribution < 1.29 is 14.3 Å². The maximum absolute atomic E-state index is 12.1. The van der Waals surface area contributed by atoms with Gasteiger partial charge in [-0.1, -0.05) is 23.7 Å². The van der Waals surface area contributed by atoms with Gasteiger partial charge in [-0.3, -0.25) is 4.79 Å². The Hall–Kier alpha value is -2.05. The third-order valence-electron chi connectivity index (χ3n) is 3.24. The number of ether oxygens (including phenoxy) is 1. The molecule has 0 saturated carbocycles. The molecule has 1 heterocycles. The number of aromatic nitrogens is 1. The van der Waals surface area contributed by atoms with Crippen molar-refractivity contribution >= 4 is 35.2 Å². The third kappa shape index (κ3) is 4.97. The fourth-order valence-electron chi connectivity index (χ4n) is 2.06. The first kappa shape index (κ1) is 18.3. The average molecular weight is 365 g/mol. The number of halogens is 1. The highest BCUT2D eigenvalue weighted by atomic mass is 35.5. The lowest BCUT2D eigenvalue weighted by molar-refractivity contribution is -0.124. The molecule has 1 N–H and O–H groups in total. The Kier molecular flexibility index (Phi) is 6.63. The Morgan fingerprint density at radius 2 is 2.12 bits per heavy atom. The quantitative estimate of drug-likeness (QED) is 0.627. The molecule has 0 radical (unpaired) electrons. The highest BCUT2D eigenvalue weighted by Crippen LogP contribution is 2.18. The standard InChI is InChI=1S/C17H17ClN2O3S/c1-11(12-5-3-6-13(18)9-12)20-15(21)10-23-17(22)14-7-4-8-19-16(14)24-2/h3-9,11H,10H2,1-2H3,(H,20,21)/t11-/m0/s1. The molecule has 24 heavy (non-hydrogen) atoms. The first-order chi connectivity index (χ1) is 11.5. The van der Waals surface area contributed by atoms with E-state index < -0.39 is 5.97 Å². The molecule has 5 nitrogen and oxygen atoms in total. The molecule has 1 amide bonds. The second-order valence-electron chi connectivity index (χ2n) is 4.98. The van der Waals surface area contributed by atoms with Crippen molar-refractivity contribution in [2.75, 3.05) is 12.9 Å². The van der Waals surface area contributed by atoms with Gasteiger partial charge in [-0.05, 0) is 43.0 Å². The van der Waals surface area contributed by atoms with Crippen LogP contribution < -0.4 is 5.32 Å². The maximum atomic E-state index is 12.1. The fourth-order valence-corrected chi connectivity index (χ4v) is 2.80. The Bertz CT molecular complexity index is 739. The number of benzene rings is 1. The number of thioether (sulfide) groups is 1. The first-order valence-electron chi connectivity index (χ1n) is 7.22. The minimum atomic E-state index is -0.571. The number of carbonyl (C=O) groups excluding carboxylic acids is 2. The Balaban J connectivity index is 1.90. The van der Waals surface area contributed by atoms with Crippen LogP contribution in [0, 0.1) is 0 Å². The molecule has 1 aromatic heterocycles. The SMILES string of the molecule is CSc1ncccc1C(=O)OCC(=O)N[C@@H](C)c1cccc(Cl)c1. The largest absolute Gasteiger partial charge is 0.452 e. The van der Waals surface area contributed by atoms with Gasteiger partial charge in [-0.15, -0.1) is 11.8 Å². The van der Waals surface area contributed by atoms with E-state index in [-0.39, 0.29) is 18.6 Å². The van der Waals surface area contributed by atoms with E-state index in [0.29, 0.717) is 15.6 Å². The molecule has 0 unspecified atom stereocenters. The Labute approximate surface area is 149 Å². The molecule has 1 aromatic carbocycles. The number of nitrogens with zero attached hydrogens (tertiary/aromatic N) is 1. The van der Waals surface area contributed by atoms with Crippen LogP contribution in [0.2, 0.25) is 5.02 Å². The molecule has 0 aliphatic rings. The molecule has 7 heteroatoms. The molecule has 1 atom stereocenters. The number of hydrogen-bond acceptors (Lipinski definition) is 5. The number of carbonyl (C=O) groups is 2. The van der Waals surface area contributed by atoms with Gasteiger partial charge in [0.1, 0.15) is 5.03 Å². The van der Waals surface area contributed by atoms with Gasteiger partial charge in [0.2, 0.25) is 0 Å². The van der Waals surface area contributed by atoms with Crippen LogP contribution >= 0.6 is 23.4 Å². The summed E-state index contributed by atoms with van der Waals surface area (Å²) in [6, 6.07) is 10.2. The van der Waals surface area contributed by atoms with E-state index in [1.807, 2.05) is 25.3 Å². The molecule has 126 valence electrons. The smallest absolute Gasteiger partial charge is 0.341 e. The molecule has 2 aromatic rings. The number of hydrogen-bond donors (Lipinski definition) is 1. The van der Waals surface area contributed by atoms with Crippen molar-refractivity contribution in [3.8, 4) is 0 Å². The predicted octanol–water partition coefficient (Wildman–Crippen LogP) is 3.49. The predicted molar refractivity (Wildman–Crippen MR) is 94.3 cm³/mol. The van der Waals surface area contributed by atoms with Crippen LogP contribution in [0.15, 0.2) is 47.6 Å². The lowest BCUT2D eigenvalue weighted by atomic mass is 10.1. The van der Waals surface area contributed by atoms with Crippen molar-refractivity contribution in [3.63, 3.8) is 0 Å². The van der Waals surface area contributed by atoms with Crippen molar-refractivity contribution in [1.29, 1.82) is 0 Å². The number of rotatable bonds is 6. The van der Waals surface area contributed by atoms with Crippen LogP contribution in [0.5, 0.6) is 0 Å². The zero-order valence-electron chi connectivity index (χ0n) is 13.3. The lowest BCUT2D eigenvalue weighted by Gasteiger charge is -2.15. The van der Waals surface area contributed by atoms with Gasteiger partial charge in [0.15, 0.2) is 6.61 Å². The third-order valence-corrected chi connectivity index (χ3v) is 4.19. The molecule has 0 fully saturated rings. The van der Waals surface area contributed by atoms with E-state index in [2.05, 4.69) is 10.3 Å². The molecular formula is C17H17ClN2O3S. The van der Waals surface area contributed by atoms with Gasteiger partial charge >= 0.3 is 5.97 Å². The number of pyridine rings is 1. The summed E-state index contributed by atoms with van der Waals surface area (Å²) in [6.45, 7) is 1.48. The monoisotopic (exact) mass is 364 g/mol. The maximum Gasteiger partial charge on any atom is 0.341 e. The molecule has 2 rings (SSSR count). The summed E-state index contributed by atoms with van der Waals surface area (Å²) in [5.74, 6) is -0.955. The van der Waals surface area contributed by atoms with Crippen molar-refractivity contribution in [2.24, 2.45) is 0 Å². The van der Waals surface area contributed by atoms with E-state index >= 15 is 0 Å². The summed E-state index contributed by atoms with van der Waals surface area (Å²) in [5, 5.41) is 3.93. The van der Waals surface area contributed by atoms with Gasteiger partial charge in [0, 0.05) is 11.2 Å². The molecule has 0 spiro atoms. The summed E-state index contributed by atoms with van der Waals surface area (Å²) < 4.78 is 5.06. The van der Waals surface area contributed by atoms with E-state index in [4.69, 9.17) is 16.3 Å². The Morgan fingerprint density at radius 1 is 1.33 bits per heavy atom. The Morgan fingerprint density at radius 3 is 2.83 bits per heavy atom. The summed E-state index contributed by atoms with van der Waals surface area (Å²) in [5.41, 5.74) is 1.22. The second-order valence-corrected chi connectivity index (χ2v) is 6.21. The number of nitrogens with one attached hydrogen (secondary N) is 1. The summed E-state index contributed by atoms with van der Waals surface area (Å²) in [4.78, 5) is 28.1. The molecule has 0 bridgehead atoms. The number of esters is 1. The van der Waals surface area contributed by atoms with Crippen LogP contribution in [-0.4, -0.2) is 29.7 Å². The highest BCUT2D eigenvalue weighted by molar-refractivity contribution is 7.98. The molecule has 0 saturated heterocycles. The summed E-state index contributed by atoms with van der Waals surface area (Å²) in [6.07, 6.45) is 3.42. The van der Waals surface area contributed by atoms with Gasteiger partial charge in [-0.25, -0.2) is 9.78 Å². The summed E-state index contributed by atoms with van der Waals surface area (Å²) in [7, 11) is 0. The van der Waals surface area contributed by atoms with Gasteiger partial charge < -0.3 is 10.1 Å². The molecule has 0 aliphatic carbocycles. The van der Waals surface area contributed by atoms with E-state index in [0.717, 1.165) is 5.56 Å². The fraction of sp³-hybridized carbons (Fsp3) is 0.235. The van der Waals surface area contributed by atoms with Crippen LogP contribution in [0.1, 0.15) is 28.9 Å². The first-order valence-corrected chi connectivity index (χ1v) is 8.82. The van der Waals surface area contributed by atoms with Crippen LogP contribution in [0.4, 0.5) is 0 Å². The van der Waals surface area contributed by atoms with E-state index in [9.17, 15) is 9.59 Å². The topological polar surface area (TPSA) is 68.3 Å². The van der Waals surface area contributed by atoms with Crippen molar-refractivity contribution in [3.05, 3.63) is 58.7 Å². The summed E-state index contributed by atoms with van der Waals surface area (Å²) >= 11 is 7.28. The highest BCUT2D eigenvalue weighted by Gasteiger charge is 2.16. The normalized spacial score (nSPS) is 11.6. The van der Waals surface area contributed by atoms with Gasteiger partial charge in [0.05, 0.1) is 11.6 Å². The van der Waals surface area contributed by atoms with Crippen LogP contribution in [0.25, 0.3) is 0 Å². The minimum absolute atomic E-state index is 0.241. The van der Waals surface area contributed by atoms with E-state index in [1.165, 1.54) is 11.8 Å². The zero-order chi connectivity index (χ0) is 17.5. The van der Waals surface area contributed by atoms with Crippen LogP contribution in [0.3, 0.4) is 0 Å². The average Bonchev–Trinajstić information content (AvgIpc) is 2.59. The minimum Gasteiger partial charge on any atom is -0.452 e. The van der Waals surface area contributed by atoms with Gasteiger partial charge in [0.25, 0.3) is 5.91 Å². The van der Waals surface area contributed by atoms with Crippen LogP contribution in [-0.2, 0) is 9.53 Å².